The van der Waals surface area contributed by atoms with Gasteiger partial charge in [-0.15, -0.1) is 0 Å². The Morgan fingerprint density at radius 3 is 3.07 bits per heavy atom. The number of hydrogen-bond acceptors (Lipinski definition) is 2. The number of benzene rings is 1. The Bertz CT molecular complexity index is 492. The first kappa shape index (κ1) is 10.4. The van der Waals surface area contributed by atoms with Gasteiger partial charge in [-0.2, -0.15) is 0 Å². The van der Waals surface area contributed by atoms with Gasteiger partial charge in [-0.1, -0.05) is 15.9 Å². The van der Waals surface area contributed by atoms with E-state index in [2.05, 4.69) is 20.9 Å². The van der Waals surface area contributed by atoms with Crippen molar-refractivity contribution in [3.05, 3.63) is 34.4 Å². The highest BCUT2D eigenvalue weighted by Gasteiger charge is 2.07. The average Bonchev–Trinajstić information content (AvgIpc) is 2.61. The zero-order valence-corrected chi connectivity index (χ0v) is 9.62. The first-order valence-corrected chi connectivity index (χ1v) is 5.46. The van der Waals surface area contributed by atoms with Gasteiger partial charge >= 0.3 is 0 Å². The van der Waals surface area contributed by atoms with E-state index in [1.807, 2.05) is 24.4 Å². The Kier molecular flexibility index (Phi) is 2.88. The number of halogens is 1. The van der Waals surface area contributed by atoms with Crippen LogP contribution in [0.3, 0.4) is 0 Å². The molecule has 0 aliphatic carbocycles. The second-order valence-corrected chi connectivity index (χ2v) is 4.42. The van der Waals surface area contributed by atoms with Crippen LogP contribution in [0.15, 0.2) is 28.9 Å². The van der Waals surface area contributed by atoms with Crippen LogP contribution in [-0.2, 0) is 11.2 Å². The number of aromatic nitrogens is 1. The number of nitrogens with one attached hydrogen (secondary N) is 1. The van der Waals surface area contributed by atoms with E-state index < -0.39 is 6.04 Å². The maximum Gasteiger partial charge on any atom is 0.137 e. The minimum absolute atomic E-state index is 0.428. The lowest BCUT2D eigenvalue weighted by molar-refractivity contribution is -0.108. The molecule has 0 fully saturated rings. The Labute approximate surface area is 95.8 Å². The minimum Gasteiger partial charge on any atom is -0.361 e. The summed E-state index contributed by atoms with van der Waals surface area (Å²) in [6.07, 6.45) is 3.25. The molecular formula is C11H11BrN2O. The molecule has 3 N–H and O–H groups in total. The van der Waals surface area contributed by atoms with E-state index in [1.54, 1.807) is 0 Å². The maximum absolute atomic E-state index is 10.5. The van der Waals surface area contributed by atoms with Gasteiger partial charge in [0.2, 0.25) is 0 Å². The van der Waals surface area contributed by atoms with Gasteiger partial charge in [-0.05, 0) is 30.2 Å². The molecule has 1 aromatic carbocycles. The predicted octanol–water partition coefficient (Wildman–Crippen LogP) is 2.00. The molecule has 0 amide bonds. The van der Waals surface area contributed by atoms with Crippen LogP contribution >= 0.6 is 15.9 Å². The van der Waals surface area contributed by atoms with E-state index in [-0.39, 0.29) is 0 Å². The number of hydrogen-bond donors (Lipinski definition) is 2. The monoisotopic (exact) mass is 266 g/mol. The van der Waals surface area contributed by atoms with E-state index in [4.69, 9.17) is 5.73 Å². The summed E-state index contributed by atoms with van der Waals surface area (Å²) in [6, 6.07) is 5.57. The fraction of sp³-hybridized carbons (Fsp3) is 0.182. The summed E-state index contributed by atoms with van der Waals surface area (Å²) < 4.78 is 1.02. The highest BCUT2D eigenvalue weighted by Crippen LogP contribution is 2.23. The lowest BCUT2D eigenvalue weighted by Gasteiger charge is -2.02. The summed E-state index contributed by atoms with van der Waals surface area (Å²) in [5.41, 5.74) is 7.74. The Morgan fingerprint density at radius 2 is 2.33 bits per heavy atom. The summed E-state index contributed by atoms with van der Waals surface area (Å²) in [7, 11) is 0. The third-order valence-corrected chi connectivity index (χ3v) is 2.85. The Balaban J connectivity index is 2.43. The van der Waals surface area contributed by atoms with Gasteiger partial charge in [-0.25, -0.2) is 0 Å². The molecule has 78 valence electrons. The molecule has 2 rings (SSSR count). The number of carbonyl (C=O) groups excluding carboxylic acids is 1. The van der Waals surface area contributed by atoms with Gasteiger partial charge < -0.3 is 15.5 Å². The smallest absolute Gasteiger partial charge is 0.137 e. The molecule has 0 aliphatic heterocycles. The molecule has 4 heteroatoms. The molecule has 3 nitrogen and oxygen atoms in total. The highest BCUT2D eigenvalue weighted by molar-refractivity contribution is 9.10. The average molecular weight is 267 g/mol. The minimum atomic E-state index is -0.428. The third-order valence-electron chi connectivity index (χ3n) is 2.36. The van der Waals surface area contributed by atoms with Gasteiger partial charge in [0.05, 0.1) is 6.04 Å². The van der Waals surface area contributed by atoms with Crippen LogP contribution in [0.25, 0.3) is 10.9 Å². The fourth-order valence-corrected chi connectivity index (χ4v) is 1.98. The molecule has 0 bridgehead atoms. The lowest BCUT2D eigenvalue weighted by Crippen LogP contribution is -2.23. The van der Waals surface area contributed by atoms with E-state index in [9.17, 15) is 4.79 Å². The summed E-state index contributed by atoms with van der Waals surface area (Å²) in [6.45, 7) is 0. The summed E-state index contributed by atoms with van der Waals surface area (Å²) >= 11 is 3.42. The van der Waals surface area contributed by atoms with Crippen LogP contribution in [0.1, 0.15) is 5.56 Å². The zero-order valence-electron chi connectivity index (χ0n) is 8.03. The van der Waals surface area contributed by atoms with Crippen molar-refractivity contribution in [1.82, 2.24) is 4.98 Å². The molecule has 15 heavy (non-hydrogen) atoms. The number of H-pyrrole nitrogens is 1. The van der Waals surface area contributed by atoms with Gasteiger partial charge in [0.1, 0.15) is 6.29 Å². The van der Waals surface area contributed by atoms with Crippen molar-refractivity contribution < 1.29 is 4.79 Å². The van der Waals surface area contributed by atoms with Crippen LogP contribution in [-0.4, -0.2) is 17.3 Å². The van der Waals surface area contributed by atoms with Gasteiger partial charge in [-0.3, -0.25) is 0 Å². The topological polar surface area (TPSA) is 58.9 Å². The standard InChI is InChI=1S/C11H11BrN2O/c12-8-1-2-11-10(4-8)7(5-14-11)3-9(13)6-15/h1-2,4-6,9,14H,3,13H2/t9-/m0/s1. The Morgan fingerprint density at radius 1 is 1.53 bits per heavy atom. The van der Waals surface area contributed by atoms with Crippen LogP contribution < -0.4 is 5.73 Å². The molecule has 1 heterocycles. The molecule has 0 saturated heterocycles. The summed E-state index contributed by atoms with van der Waals surface area (Å²) in [5.74, 6) is 0. The SMILES string of the molecule is N[C@H](C=O)Cc1c[nH]c2ccc(Br)cc12. The molecule has 0 spiro atoms. The number of fused-ring (bicyclic) bond motifs is 1. The number of nitrogens with two attached hydrogens (primary N) is 1. The second kappa shape index (κ2) is 4.16. The quantitative estimate of drug-likeness (QED) is 0.835. The van der Waals surface area contributed by atoms with Crippen molar-refractivity contribution >= 4 is 33.1 Å². The number of aldehydes is 1. The highest BCUT2D eigenvalue weighted by atomic mass is 79.9. The van der Waals surface area contributed by atoms with Crippen molar-refractivity contribution in [1.29, 1.82) is 0 Å². The number of carbonyl (C=O) groups is 1. The molecule has 1 aromatic heterocycles. The largest absolute Gasteiger partial charge is 0.361 e. The van der Waals surface area contributed by atoms with Crippen LogP contribution in [0.4, 0.5) is 0 Å². The Hall–Kier alpha value is -1.13. The van der Waals surface area contributed by atoms with Crippen LogP contribution in [0, 0.1) is 0 Å². The molecule has 0 radical (unpaired) electrons. The summed E-state index contributed by atoms with van der Waals surface area (Å²) in [5, 5.41) is 1.11. The lowest BCUT2D eigenvalue weighted by atomic mass is 10.1. The third kappa shape index (κ3) is 2.11. The molecular weight excluding hydrogens is 256 g/mol. The van der Waals surface area contributed by atoms with Crippen molar-refractivity contribution in [2.75, 3.05) is 0 Å². The molecule has 0 aliphatic rings. The van der Waals surface area contributed by atoms with Crippen molar-refractivity contribution in [2.24, 2.45) is 5.73 Å². The zero-order chi connectivity index (χ0) is 10.8. The molecule has 0 unspecified atom stereocenters. The van der Waals surface area contributed by atoms with Gasteiger partial charge in [0, 0.05) is 21.6 Å². The number of aromatic amines is 1. The van der Waals surface area contributed by atoms with E-state index in [0.29, 0.717) is 6.42 Å². The fourth-order valence-electron chi connectivity index (χ4n) is 1.62. The van der Waals surface area contributed by atoms with Crippen molar-refractivity contribution in [3.63, 3.8) is 0 Å². The summed E-state index contributed by atoms with van der Waals surface area (Å²) in [4.78, 5) is 13.6. The van der Waals surface area contributed by atoms with Crippen molar-refractivity contribution in [3.8, 4) is 0 Å². The molecule has 1 atom stereocenters. The van der Waals surface area contributed by atoms with Gasteiger partial charge in [0.25, 0.3) is 0 Å². The predicted molar refractivity (Wildman–Crippen MR) is 63.7 cm³/mol. The van der Waals surface area contributed by atoms with Crippen molar-refractivity contribution in [2.45, 2.75) is 12.5 Å². The van der Waals surface area contributed by atoms with E-state index >= 15 is 0 Å². The molecule has 0 saturated carbocycles. The van der Waals surface area contributed by atoms with Crippen LogP contribution in [0.2, 0.25) is 0 Å². The van der Waals surface area contributed by atoms with E-state index in [1.165, 1.54) is 0 Å². The molecule has 2 aromatic rings. The first-order chi connectivity index (χ1) is 7.20. The van der Waals surface area contributed by atoms with E-state index in [0.717, 1.165) is 27.2 Å². The maximum atomic E-state index is 10.5. The number of rotatable bonds is 3. The van der Waals surface area contributed by atoms with Crippen LogP contribution in [0.5, 0.6) is 0 Å². The second-order valence-electron chi connectivity index (χ2n) is 3.51. The van der Waals surface area contributed by atoms with Gasteiger partial charge in [0.15, 0.2) is 0 Å². The first-order valence-electron chi connectivity index (χ1n) is 4.67. The normalized spacial score (nSPS) is 12.9.